The van der Waals surface area contributed by atoms with Crippen molar-refractivity contribution in [1.29, 1.82) is 0 Å². The summed E-state index contributed by atoms with van der Waals surface area (Å²) in [5.74, 6) is 2.29. The van der Waals surface area contributed by atoms with Gasteiger partial charge in [0.1, 0.15) is 11.6 Å². The second-order valence-corrected chi connectivity index (χ2v) is 7.50. The van der Waals surface area contributed by atoms with E-state index < -0.39 is 11.6 Å². The van der Waals surface area contributed by atoms with Gasteiger partial charge in [0, 0.05) is 28.1 Å². The maximum absolute atomic E-state index is 14.4. The number of benzene rings is 1. The Hall–Kier alpha value is -0.260. The fraction of sp³-hybridized carbons (Fsp3) is 0.600. The van der Waals surface area contributed by atoms with E-state index in [4.69, 9.17) is 0 Å². The monoisotopic (exact) mass is 317 g/mol. The molecule has 0 radical (unpaired) electrons. The van der Waals surface area contributed by atoms with E-state index in [1.54, 1.807) is 6.92 Å². The van der Waals surface area contributed by atoms with E-state index in [0.717, 1.165) is 30.2 Å². The molecule has 1 heterocycles. The van der Waals surface area contributed by atoms with Gasteiger partial charge in [0.15, 0.2) is 0 Å². The van der Waals surface area contributed by atoms with Gasteiger partial charge in [-0.3, -0.25) is 0 Å². The fourth-order valence-corrected chi connectivity index (χ4v) is 5.23. The molecule has 1 aromatic rings. The minimum Gasteiger partial charge on any atom is -0.309 e. The van der Waals surface area contributed by atoms with Crippen LogP contribution in [-0.2, 0) is 0 Å². The van der Waals surface area contributed by atoms with Crippen LogP contribution in [0.2, 0.25) is 0 Å². The summed E-state index contributed by atoms with van der Waals surface area (Å²) in [6.45, 7) is 4.53. The predicted molar refractivity (Wildman–Crippen MR) is 85.7 cm³/mol. The normalized spacial score (nSPS) is 20.9. The van der Waals surface area contributed by atoms with Crippen molar-refractivity contribution in [3.63, 3.8) is 0 Å². The Labute approximate surface area is 128 Å². The molecule has 1 aromatic carbocycles. The molecule has 0 spiro atoms. The van der Waals surface area contributed by atoms with Crippen LogP contribution in [-0.4, -0.2) is 29.1 Å². The highest BCUT2D eigenvalue weighted by molar-refractivity contribution is 8.06. The number of thioether (sulfide) groups is 2. The smallest absolute Gasteiger partial charge is 0.133 e. The molecule has 0 bridgehead atoms. The Balaban J connectivity index is 2.32. The SMILES string of the molecule is CCCNC(c1c(F)ccc(C)c1F)C1CSCCS1. The number of rotatable bonds is 5. The number of aryl methyl sites for hydroxylation is 1. The standard InChI is InChI=1S/C15H21F2NS2/c1-3-6-18-15(12-9-19-7-8-20-12)13-11(16)5-4-10(2)14(13)17/h4-5,12,15,18H,3,6-9H2,1-2H3. The fourth-order valence-electron chi connectivity index (χ4n) is 2.38. The molecule has 0 aromatic heterocycles. The third-order valence-corrected chi connectivity index (χ3v) is 6.32. The lowest BCUT2D eigenvalue weighted by atomic mass is 10.00. The summed E-state index contributed by atoms with van der Waals surface area (Å²) in [5, 5.41) is 3.58. The number of nitrogens with one attached hydrogen (secondary N) is 1. The molecule has 20 heavy (non-hydrogen) atoms. The molecular weight excluding hydrogens is 296 g/mol. The highest BCUT2D eigenvalue weighted by Crippen LogP contribution is 2.36. The Bertz CT molecular complexity index is 448. The van der Waals surface area contributed by atoms with Gasteiger partial charge in [-0.1, -0.05) is 13.0 Å². The van der Waals surface area contributed by atoms with Crippen molar-refractivity contribution < 1.29 is 8.78 Å². The van der Waals surface area contributed by atoms with Crippen LogP contribution in [0.5, 0.6) is 0 Å². The van der Waals surface area contributed by atoms with E-state index in [2.05, 4.69) is 12.2 Å². The summed E-state index contributed by atoms with van der Waals surface area (Å²) >= 11 is 3.69. The van der Waals surface area contributed by atoms with E-state index in [1.807, 2.05) is 23.5 Å². The van der Waals surface area contributed by atoms with Gasteiger partial charge in [-0.25, -0.2) is 8.78 Å². The zero-order valence-electron chi connectivity index (χ0n) is 11.9. The molecule has 1 aliphatic heterocycles. The second kappa shape index (κ2) is 7.66. The van der Waals surface area contributed by atoms with Gasteiger partial charge in [0.05, 0.1) is 6.04 Å². The summed E-state index contributed by atoms with van der Waals surface area (Å²) < 4.78 is 28.6. The largest absolute Gasteiger partial charge is 0.309 e. The van der Waals surface area contributed by atoms with Gasteiger partial charge >= 0.3 is 0 Å². The summed E-state index contributed by atoms with van der Waals surface area (Å²) in [7, 11) is 0. The zero-order valence-corrected chi connectivity index (χ0v) is 13.6. The number of hydrogen-bond acceptors (Lipinski definition) is 3. The van der Waals surface area contributed by atoms with E-state index in [-0.39, 0.29) is 16.9 Å². The minimum absolute atomic E-state index is 0.221. The van der Waals surface area contributed by atoms with Crippen molar-refractivity contribution in [2.45, 2.75) is 31.6 Å². The lowest BCUT2D eigenvalue weighted by molar-refractivity contribution is 0.463. The van der Waals surface area contributed by atoms with Crippen LogP contribution in [0.15, 0.2) is 12.1 Å². The van der Waals surface area contributed by atoms with Crippen molar-refractivity contribution >= 4 is 23.5 Å². The summed E-state index contributed by atoms with van der Waals surface area (Å²) in [5.41, 5.74) is 0.733. The predicted octanol–water partition coefficient (Wildman–Crippen LogP) is 4.16. The van der Waals surface area contributed by atoms with Crippen LogP contribution in [0, 0.1) is 18.6 Å². The van der Waals surface area contributed by atoms with Crippen molar-refractivity contribution in [3.8, 4) is 0 Å². The van der Waals surface area contributed by atoms with Crippen LogP contribution < -0.4 is 5.32 Å². The molecule has 1 nitrogen and oxygen atoms in total. The molecule has 5 heteroatoms. The lowest BCUT2D eigenvalue weighted by Crippen LogP contribution is -2.35. The van der Waals surface area contributed by atoms with Gasteiger partial charge in [-0.2, -0.15) is 23.5 Å². The Kier molecular flexibility index (Phi) is 6.18. The maximum Gasteiger partial charge on any atom is 0.133 e. The zero-order chi connectivity index (χ0) is 14.5. The number of halogens is 2. The summed E-state index contributed by atoms with van der Waals surface area (Å²) in [4.78, 5) is 0. The van der Waals surface area contributed by atoms with Crippen LogP contribution in [0.1, 0.15) is 30.5 Å². The van der Waals surface area contributed by atoms with Gasteiger partial charge in [0.2, 0.25) is 0 Å². The van der Waals surface area contributed by atoms with E-state index in [0.29, 0.717) is 5.56 Å². The first-order valence-corrected chi connectivity index (χ1v) is 9.22. The van der Waals surface area contributed by atoms with Crippen molar-refractivity contribution in [1.82, 2.24) is 5.32 Å². The third-order valence-electron chi connectivity index (χ3n) is 3.46. The molecule has 0 saturated carbocycles. The summed E-state index contributed by atoms with van der Waals surface area (Å²) in [6, 6.07) is 2.65. The van der Waals surface area contributed by atoms with E-state index in [1.165, 1.54) is 12.1 Å². The van der Waals surface area contributed by atoms with Crippen molar-refractivity contribution in [3.05, 3.63) is 34.9 Å². The van der Waals surface area contributed by atoms with E-state index >= 15 is 0 Å². The highest BCUT2D eigenvalue weighted by atomic mass is 32.2. The molecule has 1 N–H and O–H groups in total. The maximum atomic E-state index is 14.4. The van der Waals surface area contributed by atoms with Gasteiger partial charge < -0.3 is 5.32 Å². The first kappa shape index (κ1) is 16.1. The Morgan fingerprint density at radius 2 is 2.15 bits per heavy atom. The topological polar surface area (TPSA) is 12.0 Å². The molecule has 112 valence electrons. The van der Waals surface area contributed by atoms with Gasteiger partial charge in [-0.15, -0.1) is 0 Å². The van der Waals surface area contributed by atoms with Crippen LogP contribution >= 0.6 is 23.5 Å². The Morgan fingerprint density at radius 1 is 1.35 bits per heavy atom. The lowest BCUT2D eigenvalue weighted by Gasteiger charge is -2.31. The molecule has 0 amide bonds. The molecular formula is C15H21F2NS2. The van der Waals surface area contributed by atoms with Crippen LogP contribution in [0.3, 0.4) is 0 Å². The van der Waals surface area contributed by atoms with Gasteiger partial charge in [-0.05, 0) is 31.5 Å². The second-order valence-electron chi connectivity index (χ2n) is 5.01. The molecule has 1 aliphatic rings. The minimum atomic E-state index is -0.433. The molecule has 2 unspecified atom stereocenters. The molecule has 2 atom stereocenters. The summed E-state index contributed by atoms with van der Waals surface area (Å²) in [6.07, 6.45) is 0.954. The van der Waals surface area contributed by atoms with Crippen molar-refractivity contribution in [2.75, 3.05) is 23.8 Å². The number of hydrogen-bond donors (Lipinski definition) is 1. The third kappa shape index (κ3) is 3.68. The van der Waals surface area contributed by atoms with E-state index in [9.17, 15) is 8.78 Å². The highest BCUT2D eigenvalue weighted by Gasteiger charge is 2.30. The van der Waals surface area contributed by atoms with Crippen molar-refractivity contribution in [2.24, 2.45) is 0 Å². The van der Waals surface area contributed by atoms with Gasteiger partial charge in [0.25, 0.3) is 0 Å². The molecule has 0 aliphatic carbocycles. The quantitative estimate of drug-likeness (QED) is 0.875. The molecule has 1 saturated heterocycles. The first-order chi connectivity index (χ1) is 9.65. The average Bonchev–Trinajstić information content (AvgIpc) is 2.47. The molecule has 2 rings (SSSR count). The molecule has 1 fully saturated rings. The Morgan fingerprint density at radius 3 is 2.80 bits per heavy atom. The average molecular weight is 317 g/mol. The first-order valence-electron chi connectivity index (χ1n) is 7.02. The van der Waals surface area contributed by atoms with Crippen LogP contribution in [0.4, 0.5) is 8.78 Å². The van der Waals surface area contributed by atoms with Crippen LogP contribution in [0.25, 0.3) is 0 Å².